The van der Waals surface area contributed by atoms with E-state index in [0.29, 0.717) is 37.9 Å². The highest BCUT2D eigenvalue weighted by Crippen LogP contribution is 2.14. The number of aromatic nitrogens is 2. The minimum Gasteiger partial charge on any atom is -0.493 e. The molecule has 4 N–H and O–H groups in total. The maximum Gasteiger partial charge on any atom is 0.328 e. The SMILES string of the molecule is CCCCCC(O)CCn1c(CC#CCCCC(=O)O)c(O)[nH]c1=O. The van der Waals surface area contributed by atoms with Crippen molar-refractivity contribution in [3.63, 3.8) is 0 Å². The van der Waals surface area contributed by atoms with Crippen LogP contribution < -0.4 is 5.69 Å². The van der Waals surface area contributed by atoms with Gasteiger partial charge in [-0.3, -0.25) is 14.3 Å². The third kappa shape index (κ3) is 7.94. The Labute approximate surface area is 147 Å². The molecule has 25 heavy (non-hydrogen) atoms. The van der Waals surface area contributed by atoms with Crippen LogP contribution in [0.4, 0.5) is 0 Å². The highest BCUT2D eigenvalue weighted by molar-refractivity contribution is 5.66. The monoisotopic (exact) mass is 352 g/mol. The van der Waals surface area contributed by atoms with Crippen LogP contribution in [0.5, 0.6) is 5.88 Å². The first-order valence-electron chi connectivity index (χ1n) is 8.81. The van der Waals surface area contributed by atoms with Crippen LogP contribution in [0, 0.1) is 11.8 Å². The van der Waals surface area contributed by atoms with Crippen LogP contribution in [-0.4, -0.2) is 36.9 Å². The van der Waals surface area contributed by atoms with Crippen LogP contribution in [0.15, 0.2) is 4.79 Å². The number of aromatic hydroxyl groups is 1. The van der Waals surface area contributed by atoms with Gasteiger partial charge in [-0.05, 0) is 19.3 Å². The van der Waals surface area contributed by atoms with E-state index in [2.05, 4.69) is 23.7 Å². The van der Waals surface area contributed by atoms with Crippen molar-refractivity contribution >= 4 is 5.97 Å². The minimum absolute atomic E-state index is 0.0741. The Morgan fingerprint density at radius 3 is 2.68 bits per heavy atom. The molecule has 7 heteroatoms. The number of imidazole rings is 1. The number of hydrogen-bond acceptors (Lipinski definition) is 4. The van der Waals surface area contributed by atoms with Crippen molar-refractivity contribution in [1.82, 2.24) is 9.55 Å². The summed E-state index contributed by atoms with van der Waals surface area (Å²) in [6, 6.07) is 0. The number of aliphatic hydroxyl groups is 1. The van der Waals surface area contributed by atoms with Crippen molar-refractivity contribution in [3.05, 3.63) is 16.2 Å². The van der Waals surface area contributed by atoms with E-state index in [0.717, 1.165) is 19.3 Å². The first-order valence-corrected chi connectivity index (χ1v) is 8.81. The number of carboxylic acids is 1. The number of H-pyrrole nitrogens is 1. The number of unbranched alkanes of at least 4 members (excludes halogenated alkanes) is 3. The van der Waals surface area contributed by atoms with E-state index in [1.165, 1.54) is 4.57 Å². The molecule has 0 bridgehead atoms. The van der Waals surface area contributed by atoms with Crippen LogP contribution in [0.25, 0.3) is 0 Å². The molecule has 0 aliphatic heterocycles. The van der Waals surface area contributed by atoms with Crippen LogP contribution in [0.1, 0.15) is 64.0 Å². The molecule has 0 aliphatic carbocycles. The lowest BCUT2D eigenvalue weighted by atomic mass is 10.1. The fourth-order valence-electron chi connectivity index (χ4n) is 2.52. The van der Waals surface area contributed by atoms with E-state index < -0.39 is 17.8 Å². The van der Waals surface area contributed by atoms with Gasteiger partial charge in [0.2, 0.25) is 5.88 Å². The van der Waals surface area contributed by atoms with Crippen LogP contribution in [0.3, 0.4) is 0 Å². The molecule has 7 nitrogen and oxygen atoms in total. The Morgan fingerprint density at radius 1 is 1.24 bits per heavy atom. The zero-order chi connectivity index (χ0) is 18.7. The Kier molecular flexibility index (Phi) is 9.48. The zero-order valence-corrected chi connectivity index (χ0v) is 14.8. The standard InChI is InChI=1S/C18H28N2O5/c1-2-3-6-9-14(21)12-13-20-15(17(24)19-18(20)25)10-7-4-5-8-11-16(22)23/h14,21,24H,2-3,5-6,8-13H2,1H3,(H,19,25)(H,22,23). The number of carbonyl (C=O) groups is 1. The van der Waals surface area contributed by atoms with Crippen molar-refractivity contribution in [1.29, 1.82) is 0 Å². The molecule has 0 aliphatic rings. The van der Waals surface area contributed by atoms with Gasteiger partial charge in [0.15, 0.2) is 0 Å². The minimum atomic E-state index is -0.851. The fraction of sp³-hybridized carbons (Fsp3) is 0.667. The van der Waals surface area contributed by atoms with Gasteiger partial charge in [-0.2, -0.15) is 0 Å². The number of aromatic amines is 1. The molecule has 140 valence electrons. The second-order valence-electron chi connectivity index (χ2n) is 6.09. The largest absolute Gasteiger partial charge is 0.493 e. The fourth-order valence-corrected chi connectivity index (χ4v) is 2.52. The normalized spacial score (nSPS) is 11.8. The summed E-state index contributed by atoms with van der Waals surface area (Å²) in [5.74, 6) is 4.65. The topological polar surface area (TPSA) is 116 Å². The highest BCUT2D eigenvalue weighted by atomic mass is 16.4. The molecule has 0 spiro atoms. The molecule has 1 aromatic heterocycles. The summed E-state index contributed by atoms with van der Waals surface area (Å²) < 4.78 is 1.41. The van der Waals surface area contributed by atoms with E-state index >= 15 is 0 Å². The van der Waals surface area contributed by atoms with Gasteiger partial charge in [0.1, 0.15) is 0 Å². The number of nitrogens with one attached hydrogen (secondary N) is 1. The van der Waals surface area contributed by atoms with Gasteiger partial charge in [0, 0.05) is 19.4 Å². The summed E-state index contributed by atoms with van der Waals surface area (Å²) in [5, 5.41) is 28.4. The third-order valence-corrected chi connectivity index (χ3v) is 3.97. The van der Waals surface area contributed by atoms with E-state index in [1.54, 1.807) is 0 Å². The Hall–Kier alpha value is -2.20. The zero-order valence-electron chi connectivity index (χ0n) is 14.8. The van der Waals surface area contributed by atoms with E-state index in [4.69, 9.17) is 5.11 Å². The van der Waals surface area contributed by atoms with Crippen LogP contribution in [0.2, 0.25) is 0 Å². The first kappa shape index (κ1) is 20.8. The summed E-state index contributed by atoms with van der Waals surface area (Å²) in [6.07, 6.45) is 5.00. The first-order chi connectivity index (χ1) is 12.0. The molecule has 0 saturated carbocycles. The lowest BCUT2D eigenvalue weighted by molar-refractivity contribution is -0.137. The predicted octanol–water partition coefficient (Wildman–Crippen LogP) is 2.01. The molecule has 0 fully saturated rings. The molecule has 1 rings (SSSR count). The van der Waals surface area contributed by atoms with E-state index in [-0.39, 0.29) is 18.7 Å². The van der Waals surface area contributed by atoms with Gasteiger partial charge < -0.3 is 15.3 Å². The molecule has 0 radical (unpaired) electrons. The van der Waals surface area contributed by atoms with Crippen molar-refractivity contribution in [2.75, 3.05) is 0 Å². The lowest BCUT2D eigenvalue weighted by Crippen LogP contribution is -2.22. The number of aliphatic carboxylic acids is 1. The number of hydrogen-bond donors (Lipinski definition) is 4. The summed E-state index contributed by atoms with van der Waals surface area (Å²) in [4.78, 5) is 24.7. The number of aliphatic hydroxyl groups excluding tert-OH is 1. The Balaban J connectivity index is 2.56. The van der Waals surface area contributed by atoms with Gasteiger partial charge in [-0.1, -0.05) is 32.1 Å². The molecular weight excluding hydrogens is 324 g/mol. The average Bonchev–Trinajstić information content (AvgIpc) is 2.82. The lowest BCUT2D eigenvalue weighted by Gasteiger charge is -2.11. The number of nitrogens with zero attached hydrogens (tertiary/aromatic N) is 1. The molecule has 0 saturated heterocycles. The van der Waals surface area contributed by atoms with Gasteiger partial charge in [0.25, 0.3) is 0 Å². The second kappa shape index (κ2) is 11.4. The molecule has 1 heterocycles. The van der Waals surface area contributed by atoms with Crippen molar-refractivity contribution in [2.45, 2.75) is 77.4 Å². The van der Waals surface area contributed by atoms with Gasteiger partial charge in [-0.15, -0.1) is 5.92 Å². The molecule has 1 atom stereocenters. The summed E-state index contributed by atoms with van der Waals surface area (Å²) in [7, 11) is 0. The quantitative estimate of drug-likeness (QED) is 0.359. The average molecular weight is 352 g/mol. The number of rotatable bonds is 11. The Bertz CT molecular complexity index is 651. The van der Waals surface area contributed by atoms with Gasteiger partial charge in [-0.25, -0.2) is 4.79 Å². The third-order valence-electron chi connectivity index (χ3n) is 3.97. The maximum absolute atomic E-state index is 11.9. The smallest absolute Gasteiger partial charge is 0.328 e. The molecule has 0 amide bonds. The van der Waals surface area contributed by atoms with Crippen molar-refractivity contribution < 1.29 is 20.1 Å². The predicted molar refractivity (Wildman–Crippen MR) is 94.5 cm³/mol. The summed E-state index contributed by atoms with van der Waals surface area (Å²) >= 11 is 0. The Morgan fingerprint density at radius 2 is 2.00 bits per heavy atom. The number of carboxylic acid groups (broad SMARTS) is 1. The molecular formula is C18H28N2O5. The second-order valence-corrected chi connectivity index (χ2v) is 6.09. The van der Waals surface area contributed by atoms with Crippen LogP contribution in [-0.2, 0) is 17.8 Å². The van der Waals surface area contributed by atoms with E-state index in [1.807, 2.05) is 0 Å². The van der Waals surface area contributed by atoms with Crippen molar-refractivity contribution in [3.8, 4) is 17.7 Å². The van der Waals surface area contributed by atoms with E-state index in [9.17, 15) is 19.8 Å². The summed E-state index contributed by atoms with van der Waals surface area (Å²) in [6.45, 7) is 2.42. The maximum atomic E-state index is 11.9. The van der Waals surface area contributed by atoms with Gasteiger partial charge in [0.05, 0.1) is 18.2 Å². The molecule has 1 unspecified atom stereocenters. The van der Waals surface area contributed by atoms with Gasteiger partial charge >= 0.3 is 11.7 Å². The highest BCUT2D eigenvalue weighted by Gasteiger charge is 2.13. The van der Waals surface area contributed by atoms with Crippen molar-refractivity contribution in [2.24, 2.45) is 0 Å². The summed E-state index contributed by atoms with van der Waals surface area (Å²) in [5.41, 5.74) is -0.0163. The van der Waals surface area contributed by atoms with Crippen LogP contribution >= 0.6 is 0 Å². The molecule has 0 aromatic carbocycles. The molecule has 1 aromatic rings.